The van der Waals surface area contributed by atoms with Crippen LogP contribution in [0.2, 0.25) is 0 Å². The quantitative estimate of drug-likeness (QED) is 0.573. The number of nitro groups is 1. The van der Waals surface area contributed by atoms with E-state index in [2.05, 4.69) is 5.16 Å². The summed E-state index contributed by atoms with van der Waals surface area (Å²) in [6.45, 7) is 0. The first-order valence-electron chi connectivity index (χ1n) is 5.06. The summed E-state index contributed by atoms with van der Waals surface area (Å²) in [5.41, 5.74) is 1.48. The van der Waals surface area contributed by atoms with Crippen LogP contribution < -0.4 is 0 Å². The van der Waals surface area contributed by atoms with Gasteiger partial charge in [-0.2, -0.15) is 0 Å². The summed E-state index contributed by atoms with van der Waals surface area (Å²) in [5.74, 6) is 0. The van der Waals surface area contributed by atoms with Crippen molar-refractivity contribution in [1.29, 1.82) is 0 Å². The Morgan fingerprint density at radius 1 is 1.29 bits per heavy atom. The first-order chi connectivity index (χ1) is 8.25. The van der Waals surface area contributed by atoms with Gasteiger partial charge in [-0.05, 0) is 18.2 Å². The van der Waals surface area contributed by atoms with Crippen LogP contribution in [0.25, 0.3) is 0 Å². The Morgan fingerprint density at radius 2 is 2.06 bits per heavy atom. The fourth-order valence-corrected chi connectivity index (χ4v) is 1.84. The molecule has 2 unspecified atom stereocenters. The third-order valence-corrected chi connectivity index (χ3v) is 2.71. The van der Waals surface area contributed by atoms with Crippen molar-refractivity contribution < 1.29 is 14.5 Å². The van der Waals surface area contributed by atoms with Crippen molar-refractivity contribution in [2.24, 2.45) is 5.16 Å². The fourth-order valence-electron chi connectivity index (χ4n) is 1.84. The molecule has 2 aliphatic heterocycles. The summed E-state index contributed by atoms with van der Waals surface area (Å²) in [5, 5.41) is 14.5. The molecular formula is C11H8N2O4. The number of hydrogen-bond acceptors (Lipinski definition) is 5. The van der Waals surface area contributed by atoms with E-state index >= 15 is 0 Å². The van der Waals surface area contributed by atoms with Crippen LogP contribution in [-0.2, 0) is 9.57 Å². The smallest absolute Gasteiger partial charge is 0.269 e. The summed E-state index contributed by atoms with van der Waals surface area (Å²) >= 11 is 0. The van der Waals surface area contributed by atoms with E-state index in [0.29, 0.717) is 5.71 Å². The molecular weight excluding hydrogens is 224 g/mol. The summed E-state index contributed by atoms with van der Waals surface area (Å²) in [6.07, 6.45) is 2.94. The topological polar surface area (TPSA) is 74.0 Å². The van der Waals surface area contributed by atoms with E-state index in [0.717, 1.165) is 5.56 Å². The van der Waals surface area contributed by atoms with Crippen LogP contribution >= 0.6 is 0 Å². The van der Waals surface area contributed by atoms with E-state index in [-0.39, 0.29) is 17.9 Å². The molecule has 0 spiro atoms. The lowest BCUT2D eigenvalue weighted by Gasteiger charge is -2.09. The highest BCUT2D eigenvalue weighted by atomic mass is 16.7. The summed E-state index contributed by atoms with van der Waals surface area (Å²) in [6, 6.07) is 6.16. The molecule has 2 atom stereocenters. The van der Waals surface area contributed by atoms with Crippen molar-refractivity contribution >= 4 is 11.4 Å². The van der Waals surface area contributed by atoms with Crippen molar-refractivity contribution in [2.75, 3.05) is 0 Å². The molecule has 0 bridgehead atoms. The summed E-state index contributed by atoms with van der Waals surface area (Å²) in [4.78, 5) is 15.3. The Morgan fingerprint density at radius 3 is 2.76 bits per heavy atom. The second-order valence-corrected chi connectivity index (χ2v) is 3.74. The minimum absolute atomic E-state index is 0.0512. The molecule has 0 fully saturated rings. The van der Waals surface area contributed by atoms with E-state index in [9.17, 15) is 10.1 Å². The Bertz CT molecular complexity index is 521. The standard InChI is InChI=1S/C11H8N2O4/c14-13(15)8-3-1-7(2-4-8)10-11-9(17-12-10)5-6-16-11/h1-6,9,11H. The number of non-ortho nitro benzene ring substituents is 1. The van der Waals surface area contributed by atoms with Gasteiger partial charge >= 0.3 is 0 Å². The minimum atomic E-state index is -0.437. The molecule has 0 aromatic heterocycles. The van der Waals surface area contributed by atoms with Crippen molar-refractivity contribution in [1.82, 2.24) is 0 Å². The molecule has 0 saturated carbocycles. The van der Waals surface area contributed by atoms with Crippen LogP contribution in [0.3, 0.4) is 0 Å². The predicted octanol–water partition coefficient (Wildman–Crippen LogP) is 1.61. The van der Waals surface area contributed by atoms with Crippen molar-refractivity contribution in [3.8, 4) is 0 Å². The maximum Gasteiger partial charge on any atom is 0.269 e. The number of rotatable bonds is 2. The first kappa shape index (κ1) is 9.83. The normalized spacial score (nSPS) is 24.8. The van der Waals surface area contributed by atoms with Crippen LogP contribution in [0.5, 0.6) is 0 Å². The SMILES string of the molecule is O=[N+]([O-])c1ccc(C2=NOC3C=COC23)cc1. The van der Waals surface area contributed by atoms with E-state index in [1.54, 1.807) is 24.5 Å². The van der Waals surface area contributed by atoms with E-state index < -0.39 is 4.92 Å². The number of hydrogen-bond donors (Lipinski definition) is 0. The zero-order valence-electron chi connectivity index (χ0n) is 8.65. The third kappa shape index (κ3) is 1.54. The Labute approximate surface area is 96.3 Å². The molecule has 0 amide bonds. The Hall–Kier alpha value is -2.37. The van der Waals surface area contributed by atoms with Gasteiger partial charge < -0.3 is 9.57 Å². The average Bonchev–Trinajstić information content (AvgIpc) is 2.90. The van der Waals surface area contributed by atoms with Gasteiger partial charge in [0.1, 0.15) is 5.71 Å². The van der Waals surface area contributed by atoms with Crippen LogP contribution in [0, 0.1) is 10.1 Å². The second kappa shape index (κ2) is 3.58. The highest BCUT2D eigenvalue weighted by molar-refractivity contribution is 6.05. The molecule has 3 rings (SSSR count). The minimum Gasteiger partial charge on any atom is -0.487 e. The Balaban J connectivity index is 1.88. The number of benzene rings is 1. The molecule has 0 radical (unpaired) electrons. The van der Waals surface area contributed by atoms with Gasteiger partial charge in [0.15, 0.2) is 12.2 Å². The number of ether oxygens (including phenoxy) is 1. The predicted molar refractivity (Wildman–Crippen MR) is 58.5 cm³/mol. The largest absolute Gasteiger partial charge is 0.487 e. The van der Waals surface area contributed by atoms with Crippen LogP contribution in [-0.4, -0.2) is 22.8 Å². The summed E-state index contributed by atoms with van der Waals surface area (Å²) < 4.78 is 5.35. The number of oxime groups is 1. The molecule has 6 heteroatoms. The monoisotopic (exact) mass is 232 g/mol. The third-order valence-electron chi connectivity index (χ3n) is 2.71. The molecule has 1 aromatic rings. The molecule has 0 aliphatic carbocycles. The first-order valence-corrected chi connectivity index (χ1v) is 5.06. The van der Waals surface area contributed by atoms with Gasteiger partial charge in [0.2, 0.25) is 0 Å². The molecule has 0 N–H and O–H groups in total. The van der Waals surface area contributed by atoms with Gasteiger partial charge in [0.05, 0.1) is 11.2 Å². The molecule has 2 aliphatic rings. The lowest BCUT2D eigenvalue weighted by atomic mass is 10.0. The molecule has 0 saturated heterocycles. The molecule has 17 heavy (non-hydrogen) atoms. The number of nitro benzene ring substituents is 1. The van der Waals surface area contributed by atoms with Crippen molar-refractivity contribution in [3.63, 3.8) is 0 Å². The lowest BCUT2D eigenvalue weighted by Crippen LogP contribution is -2.26. The van der Waals surface area contributed by atoms with Gasteiger partial charge in [0.25, 0.3) is 5.69 Å². The van der Waals surface area contributed by atoms with Crippen LogP contribution in [0.15, 0.2) is 41.8 Å². The summed E-state index contributed by atoms with van der Waals surface area (Å²) in [7, 11) is 0. The maximum absolute atomic E-state index is 10.5. The van der Waals surface area contributed by atoms with E-state index in [4.69, 9.17) is 9.57 Å². The number of fused-ring (bicyclic) bond motifs is 1. The van der Waals surface area contributed by atoms with Crippen LogP contribution in [0.1, 0.15) is 5.56 Å². The molecule has 2 heterocycles. The van der Waals surface area contributed by atoms with Gasteiger partial charge in [-0.15, -0.1) is 0 Å². The van der Waals surface area contributed by atoms with Gasteiger partial charge in [-0.1, -0.05) is 5.16 Å². The highest BCUT2D eigenvalue weighted by Gasteiger charge is 2.37. The zero-order valence-corrected chi connectivity index (χ0v) is 8.65. The molecule has 6 nitrogen and oxygen atoms in total. The molecule has 86 valence electrons. The van der Waals surface area contributed by atoms with E-state index in [1.807, 2.05) is 0 Å². The lowest BCUT2D eigenvalue weighted by molar-refractivity contribution is -0.384. The van der Waals surface area contributed by atoms with Gasteiger partial charge in [-0.25, -0.2) is 0 Å². The van der Waals surface area contributed by atoms with E-state index in [1.165, 1.54) is 12.1 Å². The Kier molecular flexibility index (Phi) is 2.07. The number of nitrogens with zero attached hydrogens (tertiary/aromatic N) is 2. The average molecular weight is 232 g/mol. The molecule has 1 aromatic carbocycles. The zero-order chi connectivity index (χ0) is 11.8. The maximum atomic E-state index is 10.5. The van der Waals surface area contributed by atoms with Gasteiger partial charge in [-0.3, -0.25) is 10.1 Å². The van der Waals surface area contributed by atoms with Crippen molar-refractivity contribution in [2.45, 2.75) is 12.2 Å². The van der Waals surface area contributed by atoms with Gasteiger partial charge in [0, 0.05) is 17.7 Å². The highest BCUT2D eigenvalue weighted by Crippen LogP contribution is 2.26. The van der Waals surface area contributed by atoms with Crippen LogP contribution in [0.4, 0.5) is 5.69 Å². The van der Waals surface area contributed by atoms with Crippen molar-refractivity contribution in [3.05, 3.63) is 52.3 Å². The fraction of sp³-hybridized carbons (Fsp3) is 0.182. The second-order valence-electron chi connectivity index (χ2n) is 3.74.